The number of carbonyl (C=O) groups excluding carboxylic acids is 4. The number of ketones is 4. The van der Waals surface area contributed by atoms with Crippen LogP contribution in [0.1, 0.15) is 118 Å². The zero-order valence-electron chi connectivity index (χ0n) is 31.6. The molecule has 0 saturated heterocycles. The van der Waals surface area contributed by atoms with E-state index in [0.717, 1.165) is 32.0 Å². The largest absolute Gasteiger partial charge is 0.507 e. The summed E-state index contributed by atoms with van der Waals surface area (Å²) in [6.45, 7) is 22.8. The first-order valence-electron chi connectivity index (χ1n) is 16.6. The van der Waals surface area contributed by atoms with E-state index >= 15 is 0 Å². The van der Waals surface area contributed by atoms with Gasteiger partial charge in [-0.3, -0.25) is 23.7 Å². The normalized spacial score (nSPS) is 12.7. The third-order valence-corrected chi connectivity index (χ3v) is 10.5. The van der Waals surface area contributed by atoms with Crippen molar-refractivity contribution in [3.8, 4) is 11.5 Å². The summed E-state index contributed by atoms with van der Waals surface area (Å²) in [4.78, 5) is 51.4. The Kier molecular flexibility index (Phi) is 15.2. The van der Waals surface area contributed by atoms with Crippen LogP contribution in [-0.4, -0.2) is 58.1 Å². The summed E-state index contributed by atoms with van der Waals surface area (Å²) in [5.74, 6) is -1.29. The molecule has 2 aromatic carbocycles. The molecule has 278 valence electrons. The molecule has 0 radical (unpaired) electrons. The molecular weight excluding hydrogens is 696 g/mol. The van der Waals surface area contributed by atoms with Crippen molar-refractivity contribution in [1.29, 1.82) is 0 Å². The molecule has 0 bridgehead atoms. The molecule has 0 saturated carbocycles. The van der Waals surface area contributed by atoms with Crippen molar-refractivity contribution in [3.05, 3.63) is 46.5 Å². The molecule has 0 amide bonds. The number of phenols is 2. The number of benzene rings is 2. The summed E-state index contributed by atoms with van der Waals surface area (Å²) >= 11 is 2.55. The third-order valence-electron chi connectivity index (χ3n) is 7.69. The number of thioether (sulfide) groups is 2. The lowest BCUT2D eigenvalue weighted by Crippen LogP contribution is -2.18. The number of carbonyl (C=O) groups is 4. The predicted octanol–water partition coefficient (Wildman–Crippen LogP) is 8.65. The van der Waals surface area contributed by atoms with Gasteiger partial charge in [0, 0.05) is 32.0 Å². The summed E-state index contributed by atoms with van der Waals surface area (Å²) in [5, 5.41) is 21.8. The molecule has 0 atom stereocenters. The topological polar surface area (TPSA) is 144 Å². The van der Waals surface area contributed by atoms with Gasteiger partial charge < -0.3 is 19.3 Å². The first-order chi connectivity index (χ1) is 22.7. The maximum Gasteiger partial charge on any atom is 0.319 e. The molecule has 2 N–H and O–H groups in total. The van der Waals surface area contributed by atoms with Gasteiger partial charge in [0.25, 0.3) is 0 Å². The van der Waals surface area contributed by atoms with E-state index in [9.17, 15) is 34.0 Å². The first-order valence-corrected chi connectivity index (χ1v) is 19.8. The van der Waals surface area contributed by atoms with Gasteiger partial charge in [0.1, 0.15) is 24.7 Å². The fraction of sp³-hybridized carbons (Fsp3) is 0.579. The average Bonchev–Trinajstić information content (AvgIpc) is 2.95. The van der Waals surface area contributed by atoms with Crippen LogP contribution in [-0.2, 0) is 54.5 Å². The smallest absolute Gasteiger partial charge is 0.319 e. The van der Waals surface area contributed by atoms with Crippen molar-refractivity contribution >= 4 is 54.9 Å². The Labute approximate surface area is 307 Å². The van der Waals surface area contributed by atoms with Crippen LogP contribution in [0, 0.1) is 0 Å². The van der Waals surface area contributed by atoms with E-state index in [1.165, 1.54) is 23.5 Å². The number of Topliss-reactive ketones (excluding diaryl/α,β-unsaturated/α-hetero) is 4. The minimum Gasteiger partial charge on any atom is -0.507 e. The number of aromatic hydroxyl groups is 2. The molecule has 12 heteroatoms. The Hall–Kier alpha value is -2.43. The van der Waals surface area contributed by atoms with Crippen LogP contribution in [0.3, 0.4) is 0 Å². The van der Waals surface area contributed by atoms with Gasteiger partial charge in [-0.05, 0) is 45.9 Å². The lowest BCUT2D eigenvalue weighted by molar-refractivity contribution is -0.127. The Bertz CT molecular complexity index is 1420. The molecule has 0 aliphatic heterocycles. The van der Waals surface area contributed by atoms with Gasteiger partial charge in [-0.15, -0.1) is 23.5 Å². The lowest BCUT2D eigenvalue weighted by Gasteiger charge is -2.28. The average molecular weight is 751 g/mol. The molecule has 9 nitrogen and oxygen atoms in total. The van der Waals surface area contributed by atoms with E-state index in [1.54, 1.807) is 0 Å². The second-order valence-electron chi connectivity index (χ2n) is 16.6. The van der Waals surface area contributed by atoms with Crippen LogP contribution in [0.5, 0.6) is 11.5 Å². The fourth-order valence-corrected chi connectivity index (χ4v) is 7.27. The van der Waals surface area contributed by atoms with E-state index < -0.39 is 45.9 Å². The minimum atomic E-state index is -3.21. The summed E-state index contributed by atoms with van der Waals surface area (Å²) < 4.78 is 22.1. The molecule has 0 aromatic heterocycles. The second kappa shape index (κ2) is 17.4. The van der Waals surface area contributed by atoms with Crippen molar-refractivity contribution in [2.24, 2.45) is 0 Å². The molecular formula is C38H55O9PS2. The van der Waals surface area contributed by atoms with Gasteiger partial charge in [0.15, 0.2) is 23.1 Å². The Morgan fingerprint density at radius 1 is 0.540 bits per heavy atom. The minimum absolute atomic E-state index is 0.0262. The number of hydrogen-bond acceptors (Lipinski definition) is 11. The van der Waals surface area contributed by atoms with Crippen LogP contribution in [0.15, 0.2) is 34.1 Å². The first kappa shape index (κ1) is 43.7. The van der Waals surface area contributed by atoms with Crippen LogP contribution in [0.2, 0.25) is 0 Å². The lowest BCUT2D eigenvalue weighted by atomic mass is 9.79. The van der Waals surface area contributed by atoms with Crippen molar-refractivity contribution < 1.29 is 43.0 Å². The number of hydrogen-bond donors (Lipinski definition) is 2. The van der Waals surface area contributed by atoms with Crippen LogP contribution >= 0.6 is 31.8 Å². The molecule has 2 rings (SSSR count). The van der Waals surface area contributed by atoms with Crippen LogP contribution in [0.4, 0.5) is 0 Å². The Balaban J connectivity index is 1.82. The Morgan fingerprint density at radius 3 is 1.04 bits per heavy atom. The zero-order chi connectivity index (χ0) is 38.4. The highest BCUT2D eigenvalue weighted by Crippen LogP contribution is 2.43. The molecule has 0 fully saturated rings. The van der Waals surface area contributed by atoms with Crippen molar-refractivity contribution in [2.45, 2.75) is 127 Å². The highest BCUT2D eigenvalue weighted by molar-refractivity contribution is 8.00. The molecule has 0 heterocycles. The van der Waals surface area contributed by atoms with E-state index in [2.05, 4.69) is 0 Å². The molecule has 0 aliphatic rings. The molecule has 0 spiro atoms. The maximum absolute atomic E-state index is 12.6. The van der Waals surface area contributed by atoms with Gasteiger partial charge in [0.2, 0.25) is 0 Å². The van der Waals surface area contributed by atoms with Crippen LogP contribution < -0.4 is 0 Å². The standard InChI is InChI=1S/C38H55O9PS2/c1-35(2,3)29-15-27(16-30(33(29)43)36(4,5)6)49-21-25(41)13-23(39)19-46-48(45)47-20-24(40)14-26(42)22-50-28-17-31(37(7,8)9)34(44)32(18-28)38(10,11)12/h15-18,43-44,48H,13-14,19-22H2,1-12H3. The van der Waals surface area contributed by atoms with Gasteiger partial charge in [0.05, 0.1) is 24.3 Å². The highest BCUT2D eigenvalue weighted by atomic mass is 32.2. The second-order valence-corrected chi connectivity index (χ2v) is 19.8. The summed E-state index contributed by atoms with van der Waals surface area (Å²) in [5.41, 5.74) is 1.81. The SMILES string of the molecule is CC(C)(C)c1cc(SCC(=O)CC(=O)CO[PH](=O)OCC(=O)CC(=O)CSc2cc(C(C)(C)C)c(O)c(C(C)(C)C)c2)cc(C(C)(C)C)c1O. The van der Waals surface area contributed by atoms with Crippen LogP contribution in [0.25, 0.3) is 0 Å². The maximum atomic E-state index is 12.6. The third kappa shape index (κ3) is 13.6. The highest BCUT2D eigenvalue weighted by Gasteiger charge is 2.28. The number of rotatable bonds is 16. The van der Waals surface area contributed by atoms with E-state index in [-0.39, 0.29) is 56.2 Å². The van der Waals surface area contributed by atoms with Crippen molar-refractivity contribution in [1.82, 2.24) is 0 Å². The monoisotopic (exact) mass is 750 g/mol. The predicted molar refractivity (Wildman–Crippen MR) is 203 cm³/mol. The molecule has 2 aromatic rings. The van der Waals surface area contributed by atoms with Crippen molar-refractivity contribution in [2.75, 3.05) is 24.7 Å². The zero-order valence-corrected chi connectivity index (χ0v) is 34.3. The fourth-order valence-electron chi connectivity index (χ4n) is 4.96. The number of phenolic OH excluding ortho intramolecular Hbond substituents is 2. The molecule has 0 aliphatic carbocycles. The van der Waals surface area contributed by atoms with E-state index in [0.29, 0.717) is 0 Å². The summed E-state index contributed by atoms with van der Waals surface area (Å²) in [6.07, 6.45) is -0.835. The van der Waals surface area contributed by atoms with Crippen molar-refractivity contribution in [3.63, 3.8) is 0 Å². The van der Waals surface area contributed by atoms with E-state index in [1.807, 2.05) is 107 Å². The van der Waals surface area contributed by atoms with Gasteiger partial charge in [-0.2, -0.15) is 0 Å². The van der Waals surface area contributed by atoms with E-state index in [4.69, 9.17) is 9.05 Å². The molecule has 50 heavy (non-hydrogen) atoms. The van der Waals surface area contributed by atoms with Gasteiger partial charge in [-0.1, -0.05) is 83.1 Å². The molecule has 0 unspecified atom stereocenters. The summed E-state index contributed by atoms with van der Waals surface area (Å²) in [7, 11) is -3.21. The quantitative estimate of drug-likeness (QED) is 0.0966. The van der Waals surface area contributed by atoms with Gasteiger partial charge in [-0.25, -0.2) is 0 Å². The van der Waals surface area contributed by atoms with Gasteiger partial charge >= 0.3 is 8.25 Å². The Morgan fingerprint density at radius 2 is 0.800 bits per heavy atom. The summed E-state index contributed by atoms with van der Waals surface area (Å²) in [6, 6.07) is 7.47.